The number of aliphatic hydroxyl groups is 1. The van der Waals surface area contributed by atoms with Gasteiger partial charge < -0.3 is 14.9 Å². The van der Waals surface area contributed by atoms with Crippen molar-refractivity contribution in [3.8, 4) is 0 Å². The monoisotopic (exact) mass is 335 g/mol. The Morgan fingerprint density at radius 1 is 1.12 bits per heavy atom. The molecule has 0 spiro atoms. The molecule has 0 saturated carbocycles. The Bertz CT molecular complexity index is 580. The maximum absolute atomic E-state index is 12.8. The van der Waals surface area contributed by atoms with Crippen molar-refractivity contribution in [1.82, 2.24) is 24.5 Å². The molecule has 3 rings (SSSR count). The third-order valence-electron chi connectivity index (χ3n) is 5.37. The van der Waals surface area contributed by atoms with E-state index in [1.165, 1.54) is 0 Å². The molecule has 2 saturated heterocycles. The highest BCUT2D eigenvalue weighted by molar-refractivity contribution is 5.95. The lowest BCUT2D eigenvalue weighted by molar-refractivity contribution is 0.0224. The summed E-state index contributed by atoms with van der Waals surface area (Å²) >= 11 is 0. The normalized spacial score (nSPS) is 27.2. The largest absolute Gasteiger partial charge is 0.391 e. The van der Waals surface area contributed by atoms with Crippen molar-refractivity contribution >= 4 is 5.91 Å². The van der Waals surface area contributed by atoms with Crippen LogP contribution in [-0.2, 0) is 7.05 Å². The summed E-state index contributed by atoms with van der Waals surface area (Å²) in [7, 11) is 3.97. The number of carbonyl (C=O) groups excluding carboxylic acids is 1. The van der Waals surface area contributed by atoms with Crippen molar-refractivity contribution in [3.63, 3.8) is 0 Å². The van der Waals surface area contributed by atoms with Crippen LogP contribution in [0.1, 0.15) is 28.9 Å². The van der Waals surface area contributed by atoms with Crippen LogP contribution in [0.3, 0.4) is 0 Å². The molecule has 0 aliphatic carbocycles. The summed E-state index contributed by atoms with van der Waals surface area (Å²) < 4.78 is 1.68. The standard InChI is InChI=1S/C17H29N5O2/c1-13-14(12-20(3)18-13)17(24)22-6-4-15(16(23)5-7-22)21-10-8-19(2)9-11-21/h12,15-16,23H,4-11H2,1-3H3/t15-,16-/m0/s1. The maximum Gasteiger partial charge on any atom is 0.257 e. The molecule has 0 aromatic carbocycles. The molecular formula is C17H29N5O2. The second kappa shape index (κ2) is 7.21. The van der Waals surface area contributed by atoms with Crippen molar-refractivity contribution in [2.45, 2.75) is 31.9 Å². The summed E-state index contributed by atoms with van der Waals surface area (Å²) in [6, 6.07) is 0.159. The van der Waals surface area contributed by atoms with E-state index in [1.807, 2.05) is 18.9 Å². The Kier molecular flexibility index (Phi) is 5.22. The van der Waals surface area contributed by atoms with Gasteiger partial charge in [-0.15, -0.1) is 0 Å². The van der Waals surface area contributed by atoms with Crippen molar-refractivity contribution in [2.75, 3.05) is 46.3 Å². The first-order valence-electron chi connectivity index (χ1n) is 8.86. The number of rotatable bonds is 2. The van der Waals surface area contributed by atoms with Crippen molar-refractivity contribution < 1.29 is 9.90 Å². The van der Waals surface area contributed by atoms with Gasteiger partial charge in [0, 0.05) is 58.6 Å². The van der Waals surface area contributed by atoms with Gasteiger partial charge in [-0.3, -0.25) is 14.4 Å². The number of nitrogens with zero attached hydrogens (tertiary/aromatic N) is 5. The predicted molar refractivity (Wildman–Crippen MR) is 91.9 cm³/mol. The fourth-order valence-corrected chi connectivity index (χ4v) is 3.84. The Morgan fingerprint density at radius 3 is 2.42 bits per heavy atom. The molecule has 2 fully saturated rings. The number of amides is 1. The van der Waals surface area contributed by atoms with Crippen molar-refractivity contribution in [3.05, 3.63) is 17.5 Å². The quantitative estimate of drug-likeness (QED) is 0.820. The molecule has 134 valence electrons. The third-order valence-corrected chi connectivity index (χ3v) is 5.37. The lowest BCUT2D eigenvalue weighted by Crippen LogP contribution is -2.52. The molecule has 2 atom stereocenters. The van der Waals surface area contributed by atoms with Crippen LogP contribution in [0.4, 0.5) is 0 Å². The van der Waals surface area contributed by atoms with Crippen LogP contribution in [0, 0.1) is 6.92 Å². The average molecular weight is 335 g/mol. The second-order valence-electron chi connectivity index (χ2n) is 7.15. The van der Waals surface area contributed by atoms with Gasteiger partial charge in [0.2, 0.25) is 0 Å². The summed E-state index contributed by atoms with van der Waals surface area (Å²) in [5, 5.41) is 14.9. The fraction of sp³-hybridized carbons (Fsp3) is 0.765. The molecule has 2 aliphatic rings. The first kappa shape index (κ1) is 17.4. The zero-order valence-electron chi connectivity index (χ0n) is 15.0. The summed E-state index contributed by atoms with van der Waals surface area (Å²) in [5.41, 5.74) is 1.44. The number of likely N-dealkylation sites (tertiary alicyclic amines) is 1. The molecule has 2 aliphatic heterocycles. The minimum atomic E-state index is -0.360. The Labute approximate surface area is 143 Å². The van der Waals surface area contributed by atoms with E-state index in [-0.39, 0.29) is 18.1 Å². The topological polar surface area (TPSA) is 64.8 Å². The summed E-state index contributed by atoms with van der Waals surface area (Å²) in [4.78, 5) is 19.4. The number of aryl methyl sites for hydroxylation is 2. The van der Waals surface area contributed by atoms with Crippen LogP contribution in [0.15, 0.2) is 6.20 Å². The minimum absolute atomic E-state index is 0.0341. The van der Waals surface area contributed by atoms with Crippen LogP contribution in [-0.4, -0.2) is 94.0 Å². The summed E-state index contributed by atoms with van der Waals surface area (Å²) in [6.45, 7) is 7.25. The second-order valence-corrected chi connectivity index (χ2v) is 7.15. The van der Waals surface area contributed by atoms with Crippen LogP contribution < -0.4 is 0 Å². The van der Waals surface area contributed by atoms with E-state index in [0.29, 0.717) is 25.1 Å². The first-order valence-corrected chi connectivity index (χ1v) is 8.86. The maximum atomic E-state index is 12.8. The van der Waals surface area contributed by atoms with Crippen LogP contribution in [0.5, 0.6) is 0 Å². The van der Waals surface area contributed by atoms with Gasteiger partial charge in [-0.05, 0) is 26.8 Å². The van der Waals surface area contributed by atoms with Crippen LogP contribution in [0.25, 0.3) is 0 Å². The number of carbonyl (C=O) groups is 1. The molecule has 0 bridgehead atoms. The number of aromatic nitrogens is 2. The number of hydrogen-bond acceptors (Lipinski definition) is 5. The summed E-state index contributed by atoms with van der Waals surface area (Å²) in [6.07, 6.45) is 2.90. The molecule has 1 N–H and O–H groups in total. The van der Waals surface area contributed by atoms with Crippen molar-refractivity contribution in [1.29, 1.82) is 0 Å². The summed E-state index contributed by atoms with van der Waals surface area (Å²) in [5.74, 6) is 0.0341. The zero-order valence-corrected chi connectivity index (χ0v) is 15.0. The molecule has 1 amide bonds. The van der Waals surface area contributed by atoms with Gasteiger partial charge in [0.1, 0.15) is 0 Å². The van der Waals surface area contributed by atoms with Gasteiger partial charge in [-0.1, -0.05) is 0 Å². The van der Waals surface area contributed by atoms with Gasteiger partial charge in [0.25, 0.3) is 5.91 Å². The Morgan fingerprint density at radius 2 is 1.79 bits per heavy atom. The lowest BCUT2D eigenvalue weighted by atomic mass is 10.0. The van der Waals surface area contributed by atoms with E-state index >= 15 is 0 Å². The van der Waals surface area contributed by atoms with E-state index in [1.54, 1.807) is 10.9 Å². The van der Waals surface area contributed by atoms with E-state index < -0.39 is 0 Å². The van der Waals surface area contributed by atoms with E-state index in [2.05, 4.69) is 21.9 Å². The Hall–Kier alpha value is -1.44. The van der Waals surface area contributed by atoms with Crippen LogP contribution in [0.2, 0.25) is 0 Å². The first-order chi connectivity index (χ1) is 11.5. The highest BCUT2D eigenvalue weighted by Gasteiger charge is 2.33. The fourth-order valence-electron chi connectivity index (χ4n) is 3.84. The molecule has 7 nitrogen and oxygen atoms in total. The van der Waals surface area contributed by atoms with Gasteiger partial charge >= 0.3 is 0 Å². The molecule has 1 aromatic heterocycles. The van der Waals surface area contributed by atoms with Gasteiger partial charge in [-0.2, -0.15) is 5.10 Å². The molecule has 1 aromatic rings. The average Bonchev–Trinajstić information content (AvgIpc) is 2.77. The SMILES string of the molecule is Cc1nn(C)cc1C(=O)N1CC[C@H](O)[C@@H](N2CCN(C)CC2)CC1. The van der Waals surface area contributed by atoms with Gasteiger partial charge in [-0.25, -0.2) is 0 Å². The highest BCUT2D eigenvalue weighted by atomic mass is 16.3. The minimum Gasteiger partial charge on any atom is -0.391 e. The molecular weight excluding hydrogens is 306 g/mol. The van der Waals surface area contributed by atoms with Gasteiger partial charge in [0.15, 0.2) is 0 Å². The molecule has 0 radical (unpaired) electrons. The molecule has 0 unspecified atom stereocenters. The third kappa shape index (κ3) is 3.63. The van der Waals surface area contributed by atoms with E-state index in [9.17, 15) is 9.90 Å². The smallest absolute Gasteiger partial charge is 0.257 e. The molecule has 24 heavy (non-hydrogen) atoms. The van der Waals surface area contributed by atoms with E-state index in [4.69, 9.17) is 0 Å². The number of piperazine rings is 1. The number of likely N-dealkylation sites (N-methyl/N-ethyl adjacent to an activating group) is 1. The highest BCUT2D eigenvalue weighted by Crippen LogP contribution is 2.21. The Balaban J connectivity index is 1.65. The molecule has 3 heterocycles. The zero-order chi connectivity index (χ0) is 17.3. The predicted octanol–water partition coefficient (Wildman–Crippen LogP) is -0.0586. The number of hydrogen-bond donors (Lipinski definition) is 1. The van der Waals surface area contributed by atoms with Crippen molar-refractivity contribution in [2.24, 2.45) is 7.05 Å². The number of aliphatic hydroxyl groups excluding tert-OH is 1. The lowest BCUT2D eigenvalue weighted by Gasteiger charge is -2.39. The van der Waals surface area contributed by atoms with Crippen LogP contribution >= 0.6 is 0 Å². The van der Waals surface area contributed by atoms with Gasteiger partial charge in [0.05, 0.1) is 17.4 Å². The van der Waals surface area contributed by atoms with E-state index in [0.717, 1.165) is 38.3 Å². The molecule has 7 heteroatoms.